The maximum absolute atomic E-state index is 11.8. The van der Waals surface area contributed by atoms with Gasteiger partial charge < -0.3 is 9.84 Å². The molecule has 0 saturated carbocycles. The molecule has 18 heavy (non-hydrogen) atoms. The van der Waals surface area contributed by atoms with Crippen LogP contribution in [0.5, 0.6) is 0 Å². The maximum Gasteiger partial charge on any atom is 0.345 e. The first-order valence-corrected chi connectivity index (χ1v) is 5.19. The number of nitrogen functional groups attached to an aromatic ring is 1. The number of hydrogen-bond acceptors (Lipinski definition) is 6. The number of anilines is 1. The van der Waals surface area contributed by atoms with Gasteiger partial charge in [-0.1, -0.05) is 5.21 Å². The first-order valence-electron chi connectivity index (χ1n) is 5.19. The van der Waals surface area contributed by atoms with Crippen molar-refractivity contribution in [1.82, 2.24) is 15.4 Å². The van der Waals surface area contributed by atoms with E-state index in [1.807, 2.05) is 0 Å². The molecule has 2 aromatic heterocycles. The Morgan fingerprint density at radius 2 is 2.22 bits per heavy atom. The Kier molecular flexibility index (Phi) is 2.31. The molecule has 0 saturated heterocycles. The first kappa shape index (κ1) is 10.5. The van der Waals surface area contributed by atoms with Gasteiger partial charge in [-0.25, -0.2) is 4.79 Å². The van der Waals surface area contributed by atoms with Crippen LogP contribution in [0.1, 0.15) is 0 Å². The van der Waals surface area contributed by atoms with Gasteiger partial charge in [-0.05, 0) is 18.2 Å². The lowest BCUT2D eigenvalue weighted by Gasteiger charge is -2.02. The van der Waals surface area contributed by atoms with E-state index in [4.69, 9.17) is 10.3 Å². The molecule has 0 aliphatic rings. The van der Waals surface area contributed by atoms with E-state index in [0.717, 1.165) is 5.39 Å². The molecule has 4 N–H and O–H groups in total. The van der Waals surface area contributed by atoms with Gasteiger partial charge in [0.2, 0.25) is 0 Å². The molecule has 0 atom stereocenters. The molecule has 3 rings (SSSR count). The van der Waals surface area contributed by atoms with Crippen LogP contribution in [0, 0.1) is 0 Å². The van der Waals surface area contributed by atoms with Gasteiger partial charge in [0, 0.05) is 11.5 Å². The molecular weight excluding hydrogens is 234 g/mol. The van der Waals surface area contributed by atoms with Crippen LogP contribution in [0.3, 0.4) is 0 Å². The average Bonchev–Trinajstić information content (AvgIpc) is 2.91. The van der Waals surface area contributed by atoms with Crippen molar-refractivity contribution in [2.24, 2.45) is 5.84 Å². The van der Waals surface area contributed by atoms with Crippen molar-refractivity contribution in [3.8, 4) is 11.3 Å². The number of H-pyrrole nitrogens is 1. The summed E-state index contributed by atoms with van der Waals surface area (Å²) in [7, 11) is 0. The third-order valence-corrected chi connectivity index (χ3v) is 2.60. The average molecular weight is 243 g/mol. The van der Waals surface area contributed by atoms with E-state index in [1.54, 1.807) is 24.3 Å². The van der Waals surface area contributed by atoms with Gasteiger partial charge in [0.05, 0.1) is 17.4 Å². The highest BCUT2D eigenvalue weighted by Crippen LogP contribution is 2.21. The van der Waals surface area contributed by atoms with E-state index < -0.39 is 5.63 Å². The van der Waals surface area contributed by atoms with Gasteiger partial charge in [-0.3, -0.25) is 10.9 Å². The summed E-state index contributed by atoms with van der Waals surface area (Å²) in [5, 5.41) is 10.7. The molecule has 7 nitrogen and oxygen atoms in total. The van der Waals surface area contributed by atoms with Crippen LogP contribution in [0.4, 0.5) is 5.69 Å². The van der Waals surface area contributed by atoms with Crippen LogP contribution in [0.25, 0.3) is 22.2 Å². The summed E-state index contributed by atoms with van der Waals surface area (Å²) in [6, 6.07) is 6.95. The Hall–Kier alpha value is -2.67. The second-order valence-corrected chi connectivity index (χ2v) is 3.70. The number of nitrogens with zero attached hydrogens (tertiary/aromatic N) is 2. The zero-order valence-electron chi connectivity index (χ0n) is 9.18. The predicted octanol–water partition coefficient (Wildman–Crippen LogP) is 0.864. The molecule has 90 valence electrons. The Morgan fingerprint density at radius 3 is 2.94 bits per heavy atom. The van der Waals surface area contributed by atoms with Crippen LogP contribution in [0.15, 0.2) is 39.7 Å². The predicted molar refractivity (Wildman–Crippen MR) is 65.7 cm³/mol. The van der Waals surface area contributed by atoms with Gasteiger partial charge in [0.1, 0.15) is 11.3 Å². The molecule has 7 heteroatoms. The summed E-state index contributed by atoms with van der Waals surface area (Å²) < 4.78 is 5.23. The first-order chi connectivity index (χ1) is 8.78. The lowest BCUT2D eigenvalue weighted by Crippen LogP contribution is -2.07. The van der Waals surface area contributed by atoms with Gasteiger partial charge in [-0.15, -0.1) is 5.10 Å². The molecule has 0 unspecified atom stereocenters. The third kappa shape index (κ3) is 1.62. The van der Waals surface area contributed by atoms with Crippen LogP contribution in [-0.4, -0.2) is 15.4 Å². The molecule has 3 aromatic rings. The molecule has 0 bridgehead atoms. The minimum Gasteiger partial charge on any atom is -0.422 e. The maximum atomic E-state index is 11.8. The number of benzene rings is 1. The second-order valence-electron chi connectivity index (χ2n) is 3.70. The van der Waals surface area contributed by atoms with E-state index >= 15 is 0 Å². The Morgan fingerprint density at radius 1 is 1.33 bits per heavy atom. The molecule has 1 aromatic carbocycles. The zero-order valence-corrected chi connectivity index (χ0v) is 9.18. The highest BCUT2D eigenvalue weighted by Gasteiger charge is 2.10. The van der Waals surface area contributed by atoms with E-state index in [1.165, 1.54) is 6.20 Å². The fraction of sp³-hybridized carbons (Fsp3) is 0. The van der Waals surface area contributed by atoms with Crippen LogP contribution in [-0.2, 0) is 0 Å². The highest BCUT2D eigenvalue weighted by molar-refractivity contribution is 5.83. The zero-order chi connectivity index (χ0) is 12.5. The topological polar surface area (TPSA) is 110 Å². The summed E-state index contributed by atoms with van der Waals surface area (Å²) in [4.78, 5) is 11.8. The van der Waals surface area contributed by atoms with Crippen LogP contribution in [0.2, 0.25) is 0 Å². The number of aromatic nitrogens is 3. The molecule has 0 spiro atoms. The summed E-state index contributed by atoms with van der Waals surface area (Å²) in [6.45, 7) is 0. The van der Waals surface area contributed by atoms with E-state index in [-0.39, 0.29) is 0 Å². The fourth-order valence-electron chi connectivity index (χ4n) is 1.71. The molecule has 0 amide bonds. The molecule has 0 radical (unpaired) electrons. The van der Waals surface area contributed by atoms with Gasteiger partial charge in [0.15, 0.2) is 0 Å². The summed E-state index contributed by atoms with van der Waals surface area (Å²) >= 11 is 0. The number of hydrogen-bond donors (Lipinski definition) is 3. The number of rotatable bonds is 2. The van der Waals surface area contributed by atoms with Crippen molar-refractivity contribution in [1.29, 1.82) is 0 Å². The number of nitrogens with one attached hydrogen (secondary N) is 2. The fourth-order valence-corrected chi connectivity index (χ4v) is 1.71. The van der Waals surface area contributed by atoms with E-state index in [2.05, 4.69) is 20.8 Å². The van der Waals surface area contributed by atoms with Gasteiger partial charge >= 0.3 is 5.63 Å². The number of hydrazine groups is 1. The number of fused-ring (bicyclic) bond motifs is 1. The lowest BCUT2D eigenvalue weighted by atomic mass is 10.1. The number of nitrogens with two attached hydrogens (primary N) is 1. The van der Waals surface area contributed by atoms with Crippen molar-refractivity contribution < 1.29 is 4.42 Å². The van der Waals surface area contributed by atoms with Crippen LogP contribution < -0.4 is 16.9 Å². The summed E-state index contributed by atoms with van der Waals surface area (Å²) in [5.41, 5.74) is 3.97. The van der Waals surface area contributed by atoms with Crippen molar-refractivity contribution >= 4 is 16.7 Å². The monoisotopic (exact) mass is 243 g/mol. The Labute approximate surface area is 101 Å². The standard InChI is InChI=1S/C11H9N5O2/c12-14-7-2-1-6-3-8(9-5-13-16-15-9)11(17)18-10(6)4-7/h1-5,14H,12H2,(H,13,15,16). The van der Waals surface area contributed by atoms with Crippen LogP contribution >= 0.6 is 0 Å². The van der Waals surface area contributed by atoms with Crippen molar-refractivity contribution in [2.45, 2.75) is 0 Å². The molecule has 0 fully saturated rings. The number of aromatic amines is 1. The van der Waals surface area contributed by atoms with E-state index in [0.29, 0.717) is 22.5 Å². The van der Waals surface area contributed by atoms with Gasteiger partial charge in [-0.2, -0.15) is 0 Å². The highest BCUT2D eigenvalue weighted by atomic mass is 16.4. The van der Waals surface area contributed by atoms with Crippen molar-refractivity contribution in [3.63, 3.8) is 0 Å². The minimum absolute atomic E-state index is 0.365. The van der Waals surface area contributed by atoms with E-state index in [9.17, 15) is 4.79 Å². The molecular formula is C11H9N5O2. The van der Waals surface area contributed by atoms with Crippen molar-refractivity contribution in [3.05, 3.63) is 40.9 Å². The second kappa shape index (κ2) is 3.97. The largest absolute Gasteiger partial charge is 0.422 e. The van der Waals surface area contributed by atoms with Gasteiger partial charge in [0.25, 0.3) is 0 Å². The lowest BCUT2D eigenvalue weighted by molar-refractivity contribution is 0.563. The van der Waals surface area contributed by atoms with Crippen molar-refractivity contribution in [2.75, 3.05) is 5.43 Å². The Balaban J connectivity index is 2.25. The normalized spacial score (nSPS) is 10.7. The quantitative estimate of drug-likeness (QED) is 0.350. The SMILES string of the molecule is NNc1ccc2cc(-c3c[nH]nn3)c(=O)oc2c1. The summed E-state index contributed by atoms with van der Waals surface area (Å²) in [5.74, 6) is 5.29. The summed E-state index contributed by atoms with van der Waals surface area (Å²) in [6.07, 6.45) is 1.54. The molecule has 0 aliphatic carbocycles. The molecule has 0 aliphatic heterocycles. The third-order valence-electron chi connectivity index (χ3n) is 2.60. The smallest absolute Gasteiger partial charge is 0.345 e. The minimum atomic E-state index is -0.467. The molecule has 2 heterocycles. The Bertz CT molecular complexity index is 748.